The van der Waals surface area contributed by atoms with Crippen LogP contribution in [0.5, 0.6) is 0 Å². The van der Waals surface area contributed by atoms with Gasteiger partial charge in [-0.05, 0) is 5.92 Å². The maximum absolute atomic E-state index is 9.25. The summed E-state index contributed by atoms with van der Waals surface area (Å²) in [5.74, 6) is -0.0278. The molecule has 0 saturated carbocycles. The molecular formula is C11H22O2. The zero-order valence-corrected chi connectivity index (χ0v) is 9.05. The summed E-state index contributed by atoms with van der Waals surface area (Å²) < 4.78 is 0. The number of hydrogen-bond acceptors (Lipinski definition) is 1. The second kappa shape index (κ2) is 11.2. The summed E-state index contributed by atoms with van der Waals surface area (Å²) in [4.78, 5) is 9.25. The van der Waals surface area contributed by atoms with E-state index in [9.17, 15) is 4.79 Å². The monoisotopic (exact) mass is 186 g/mol. The lowest BCUT2D eigenvalue weighted by Crippen LogP contribution is -1.89. The topological polar surface area (TPSA) is 37.3 Å². The summed E-state index contributed by atoms with van der Waals surface area (Å²) in [5.41, 5.74) is 0. The summed E-state index contributed by atoms with van der Waals surface area (Å²) in [6.07, 6.45) is 6.37. The lowest BCUT2D eigenvalue weighted by Gasteiger charge is -2.04. The fourth-order valence-electron chi connectivity index (χ4n) is 0.757. The van der Waals surface area contributed by atoms with Gasteiger partial charge in [-0.2, -0.15) is 0 Å². The first-order chi connectivity index (χ1) is 6.08. The molecule has 78 valence electrons. The Labute approximate surface area is 81.7 Å². The molecule has 0 bridgehead atoms. The zero-order chi connectivity index (χ0) is 10.7. The van der Waals surface area contributed by atoms with Crippen molar-refractivity contribution in [1.82, 2.24) is 0 Å². The fourth-order valence-corrected chi connectivity index (χ4v) is 0.757. The molecule has 0 aliphatic rings. The van der Waals surface area contributed by atoms with E-state index in [1.165, 1.54) is 25.7 Å². The Hall–Kier alpha value is -0.790. The Kier molecular flexibility index (Phi) is 12.7. The van der Waals surface area contributed by atoms with Gasteiger partial charge in [0.05, 0.1) is 0 Å². The number of carbonyl (C=O) groups is 1. The van der Waals surface area contributed by atoms with Gasteiger partial charge < -0.3 is 5.11 Å². The SMILES string of the molecule is C=CC(=O)O.CCCCC(C)CC. The minimum Gasteiger partial charge on any atom is -0.478 e. The van der Waals surface area contributed by atoms with Crippen LogP contribution in [0.2, 0.25) is 0 Å². The largest absolute Gasteiger partial charge is 0.478 e. The van der Waals surface area contributed by atoms with Crippen LogP contribution in [0.4, 0.5) is 0 Å². The van der Waals surface area contributed by atoms with E-state index in [1.807, 2.05) is 0 Å². The molecule has 0 saturated heterocycles. The Balaban J connectivity index is 0. The molecule has 0 rings (SSSR count). The maximum atomic E-state index is 9.25. The second-order valence-corrected chi connectivity index (χ2v) is 3.20. The highest BCUT2D eigenvalue weighted by atomic mass is 16.4. The van der Waals surface area contributed by atoms with Crippen LogP contribution in [-0.2, 0) is 4.79 Å². The number of carboxylic acid groups (broad SMARTS) is 1. The lowest BCUT2D eigenvalue weighted by atomic mass is 10.0. The molecule has 0 aliphatic heterocycles. The predicted molar refractivity (Wildman–Crippen MR) is 56.8 cm³/mol. The van der Waals surface area contributed by atoms with Crippen molar-refractivity contribution >= 4 is 5.97 Å². The number of hydrogen-bond donors (Lipinski definition) is 1. The van der Waals surface area contributed by atoms with Crippen molar-refractivity contribution in [2.45, 2.75) is 46.5 Å². The van der Waals surface area contributed by atoms with Crippen molar-refractivity contribution < 1.29 is 9.90 Å². The molecule has 0 aliphatic carbocycles. The maximum Gasteiger partial charge on any atom is 0.327 e. The van der Waals surface area contributed by atoms with Gasteiger partial charge in [-0.15, -0.1) is 0 Å². The van der Waals surface area contributed by atoms with Gasteiger partial charge in [0.15, 0.2) is 0 Å². The molecule has 0 heterocycles. The van der Waals surface area contributed by atoms with E-state index in [4.69, 9.17) is 5.11 Å². The molecular weight excluding hydrogens is 164 g/mol. The first kappa shape index (κ1) is 14.7. The molecule has 1 atom stereocenters. The van der Waals surface area contributed by atoms with Gasteiger partial charge in [-0.25, -0.2) is 4.79 Å². The first-order valence-corrected chi connectivity index (χ1v) is 4.93. The van der Waals surface area contributed by atoms with Crippen LogP contribution in [0.1, 0.15) is 46.5 Å². The molecule has 13 heavy (non-hydrogen) atoms. The zero-order valence-electron chi connectivity index (χ0n) is 9.05. The highest BCUT2D eigenvalue weighted by molar-refractivity contribution is 5.78. The number of carboxylic acids is 1. The molecule has 0 fully saturated rings. The highest BCUT2D eigenvalue weighted by Crippen LogP contribution is 2.09. The van der Waals surface area contributed by atoms with E-state index in [-0.39, 0.29) is 0 Å². The molecule has 2 heteroatoms. The number of unbranched alkanes of at least 4 members (excludes halogenated alkanes) is 1. The van der Waals surface area contributed by atoms with E-state index >= 15 is 0 Å². The van der Waals surface area contributed by atoms with Crippen LogP contribution in [-0.4, -0.2) is 11.1 Å². The van der Waals surface area contributed by atoms with Crippen LogP contribution in [0.15, 0.2) is 12.7 Å². The third-order valence-electron chi connectivity index (χ3n) is 1.92. The van der Waals surface area contributed by atoms with Crippen LogP contribution in [0.3, 0.4) is 0 Å². The van der Waals surface area contributed by atoms with E-state index < -0.39 is 5.97 Å². The first-order valence-electron chi connectivity index (χ1n) is 4.93. The smallest absolute Gasteiger partial charge is 0.327 e. The van der Waals surface area contributed by atoms with Crippen molar-refractivity contribution in [2.75, 3.05) is 0 Å². The molecule has 0 radical (unpaired) electrons. The third kappa shape index (κ3) is 18.3. The van der Waals surface area contributed by atoms with Crippen molar-refractivity contribution in [2.24, 2.45) is 5.92 Å². The van der Waals surface area contributed by atoms with Crippen molar-refractivity contribution in [3.05, 3.63) is 12.7 Å². The Morgan fingerprint density at radius 1 is 1.54 bits per heavy atom. The lowest BCUT2D eigenvalue weighted by molar-refractivity contribution is -0.131. The van der Waals surface area contributed by atoms with E-state index in [1.54, 1.807) is 0 Å². The van der Waals surface area contributed by atoms with Gasteiger partial charge >= 0.3 is 5.97 Å². The van der Waals surface area contributed by atoms with Crippen LogP contribution < -0.4 is 0 Å². The molecule has 0 aromatic carbocycles. The summed E-state index contributed by atoms with van der Waals surface area (Å²) in [6.45, 7) is 9.81. The normalized spacial score (nSPS) is 11.0. The number of aliphatic carboxylic acids is 1. The Morgan fingerprint density at radius 3 is 2.23 bits per heavy atom. The van der Waals surface area contributed by atoms with Gasteiger partial charge in [0.2, 0.25) is 0 Å². The second-order valence-electron chi connectivity index (χ2n) is 3.20. The fraction of sp³-hybridized carbons (Fsp3) is 0.727. The molecule has 2 nitrogen and oxygen atoms in total. The molecule has 1 unspecified atom stereocenters. The van der Waals surface area contributed by atoms with E-state index in [0.717, 1.165) is 12.0 Å². The summed E-state index contributed by atoms with van der Waals surface area (Å²) in [7, 11) is 0. The molecule has 0 spiro atoms. The minimum atomic E-state index is -0.981. The molecule has 0 aromatic rings. The summed E-state index contributed by atoms with van der Waals surface area (Å²) in [6, 6.07) is 0. The van der Waals surface area contributed by atoms with Gasteiger partial charge in [0.25, 0.3) is 0 Å². The molecule has 0 amide bonds. The van der Waals surface area contributed by atoms with Gasteiger partial charge in [-0.1, -0.05) is 53.0 Å². The van der Waals surface area contributed by atoms with E-state index in [0.29, 0.717) is 0 Å². The molecule has 1 N–H and O–H groups in total. The van der Waals surface area contributed by atoms with Crippen molar-refractivity contribution in [3.63, 3.8) is 0 Å². The van der Waals surface area contributed by atoms with Crippen LogP contribution in [0, 0.1) is 5.92 Å². The van der Waals surface area contributed by atoms with Crippen molar-refractivity contribution in [1.29, 1.82) is 0 Å². The summed E-state index contributed by atoms with van der Waals surface area (Å²) in [5, 5.41) is 7.60. The van der Waals surface area contributed by atoms with Gasteiger partial charge in [0.1, 0.15) is 0 Å². The highest BCUT2D eigenvalue weighted by Gasteiger charge is 1.94. The quantitative estimate of drug-likeness (QED) is 0.667. The van der Waals surface area contributed by atoms with Crippen LogP contribution in [0.25, 0.3) is 0 Å². The number of rotatable bonds is 5. The summed E-state index contributed by atoms with van der Waals surface area (Å²) >= 11 is 0. The van der Waals surface area contributed by atoms with Crippen molar-refractivity contribution in [3.8, 4) is 0 Å². The molecule has 0 aromatic heterocycles. The standard InChI is InChI=1S/C8H18.C3H4O2/c1-4-6-7-8(3)5-2;1-2-3(4)5/h8H,4-7H2,1-3H3;2H,1H2,(H,4,5). The van der Waals surface area contributed by atoms with Crippen LogP contribution >= 0.6 is 0 Å². The Bertz CT molecular complexity index is 130. The van der Waals surface area contributed by atoms with E-state index in [2.05, 4.69) is 27.4 Å². The predicted octanol–water partition coefficient (Wildman–Crippen LogP) is 3.48. The van der Waals surface area contributed by atoms with Gasteiger partial charge in [0, 0.05) is 6.08 Å². The third-order valence-corrected chi connectivity index (χ3v) is 1.92. The minimum absolute atomic E-state index is 0.833. The average molecular weight is 186 g/mol. The average Bonchev–Trinajstić information content (AvgIpc) is 2.15. The van der Waals surface area contributed by atoms with Gasteiger partial charge in [-0.3, -0.25) is 0 Å². The Morgan fingerprint density at radius 2 is 2.00 bits per heavy atom.